The lowest BCUT2D eigenvalue weighted by Gasteiger charge is -2.05. The number of carbonyl (C=O) groups is 2. The topological polar surface area (TPSA) is 54.4 Å². The smallest absolute Gasteiger partial charge is 0.336 e. The number of rotatable bonds is 4. The first kappa shape index (κ1) is 13.0. The fourth-order valence-corrected chi connectivity index (χ4v) is 1.91. The SMILES string of the molecule is CCc1ccc(C(=O)c2ccccc2C(=O)O)cc1. The molecule has 0 saturated carbocycles. The van der Waals surface area contributed by atoms with Crippen molar-refractivity contribution in [2.45, 2.75) is 13.3 Å². The predicted octanol–water partition coefficient (Wildman–Crippen LogP) is 3.18. The molecule has 0 radical (unpaired) electrons. The van der Waals surface area contributed by atoms with E-state index in [1.165, 1.54) is 6.07 Å². The van der Waals surface area contributed by atoms with Crippen LogP contribution in [0.5, 0.6) is 0 Å². The van der Waals surface area contributed by atoms with E-state index < -0.39 is 5.97 Å². The van der Waals surface area contributed by atoms with Crippen LogP contribution in [0.3, 0.4) is 0 Å². The maximum absolute atomic E-state index is 12.3. The molecule has 0 saturated heterocycles. The van der Waals surface area contributed by atoms with E-state index in [0.29, 0.717) is 5.56 Å². The molecule has 0 fully saturated rings. The molecule has 0 aliphatic carbocycles. The number of aromatic carboxylic acids is 1. The number of hydrogen-bond donors (Lipinski definition) is 1. The van der Waals surface area contributed by atoms with Gasteiger partial charge in [0.2, 0.25) is 0 Å². The summed E-state index contributed by atoms with van der Waals surface area (Å²) in [5, 5.41) is 9.09. The van der Waals surface area contributed by atoms with Crippen LogP contribution in [0, 0.1) is 0 Å². The maximum Gasteiger partial charge on any atom is 0.336 e. The standard InChI is InChI=1S/C16H14O3/c1-2-11-7-9-12(10-8-11)15(17)13-5-3-4-6-14(13)16(18)19/h3-10H,2H2,1H3,(H,18,19). The summed E-state index contributed by atoms with van der Waals surface area (Å²) in [5.41, 5.74) is 1.90. The third kappa shape index (κ3) is 2.71. The third-order valence-corrected chi connectivity index (χ3v) is 3.03. The Bertz CT molecular complexity index is 612. The molecule has 0 amide bonds. The lowest BCUT2D eigenvalue weighted by atomic mass is 9.97. The average Bonchev–Trinajstić information content (AvgIpc) is 2.46. The van der Waals surface area contributed by atoms with Gasteiger partial charge in [0.15, 0.2) is 5.78 Å². The predicted molar refractivity (Wildman–Crippen MR) is 72.7 cm³/mol. The molecule has 0 aliphatic rings. The summed E-state index contributed by atoms with van der Waals surface area (Å²) in [4.78, 5) is 23.4. The van der Waals surface area contributed by atoms with Gasteiger partial charge in [-0.3, -0.25) is 4.79 Å². The number of hydrogen-bond acceptors (Lipinski definition) is 2. The van der Waals surface area contributed by atoms with Crippen molar-refractivity contribution in [1.82, 2.24) is 0 Å². The second-order valence-electron chi connectivity index (χ2n) is 4.23. The van der Waals surface area contributed by atoms with E-state index in [2.05, 4.69) is 0 Å². The van der Waals surface area contributed by atoms with Gasteiger partial charge in [0.05, 0.1) is 5.56 Å². The first-order chi connectivity index (χ1) is 9.13. The van der Waals surface area contributed by atoms with Gasteiger partial charge >= 0.3 is 5.97 Å². The van der Waals surface area contributed by atoms with Gasteiger partial charge in [-0.05, 0) is 18.1 Å². The second-order valence-corrected chi connectivity index (χ2v) is 4.23. The number of carboxylic acid groups (broad SMARTS) is 1. The molecule has 0 unspecified atom stereocenters. The van der Waals surface area contributed by atoms with Crippen LogP contribution in [0.2, 0.25) is 0 Å². The molecule has 1 N–H and O–H groups in total. The zero-order valence-corrected chi connectivity index (χ0v) is 10.6. The highest BCUT2D eigenvalue weighted by Crippen LogP contribution is 2.15. The molecule has 0 spiro atoms. The zero-order valence-electron chi connectivity index (χ0n) is 10.6. The highest BCUT2D eigenvalue weighted by Gasteiger charge is 2.16. The van der Waals surface area contributed by atoms with Crippen LogP contribution in [0.4, 0.5) is 0 Å². The normalized spacial score (nSPS) is 10.2. The van der Waals surface area contributed by atoms with Crippen LogP contribution in [0.25, 0.3) is 0 Å². The Morgan fingerprint density at radius 3 is 2.05 bits per heavy atom. The van der Waals surface area contributed by atoms with Gasteiger partial charge in [0, 0.05) is 11.1 Å². The quantitative estimate of drug-likeness (QED) is 0.852. The van der Waals surface area contributed by atoms with E-state index in [4.69, 9.17) is 5.11 Å². The lowest BCUT2D eigenvalue weighted by Crippen LogP contribution is -2.09. The molecule has 2 aromatic rings. The molecule has 0 heterocycles. The van der Waals surface area contributed by atoms with Crippen LogP contribution in [0.15, 0.2) is 48.5 Å². The molecule has 2 aromatic carbocycles. The van der Waals surface area contributed by atoms with Gasteiger partial charge < -0.3 is 5.11 Å². The van der Waals surface area contributed by atoms with E-state index in [0.717, 1.165) is 12.0 Å². The highest BCUT2D eigenvalue weighted by atomic mass is 16.4. The van der Waals surface area contributed by atoms with E-state index in [9.17, 15) is 9.59 Å². The highest BCUT2D eigenvalue weighted by molar-refractivity contribution is 6.14. The van der Waals surface area contributed by atoms with Crippen LogP contribution < -0.4 is 0 Å². The van der Waals surface area contributed by atoms with Gasteiger partial charge in [-0.15, -0.1) is 0 Å². The van der Waals surface area contributed by atoms with Crippen molar-refractivity contribution in [3.63, 3.8) is 0 Å². The zero-order chi connectivity index (χ0) is 13.8. The summed E-state index contributed by atoms with van der Waals surface area (Å²) in [7, 11) is 0. The molecule has 96 valence electrons. The summed E-state index contributed by atoms with van der Waals surface area (Å²) < 4.78 is 0. The van der Waals surface area contributed by atoms with Crippen LogP contribution in [0.1, 0.15) is 38.8 Å². The Balaban J connectivity index is 2.41. The fraction of sp³-hybridized carbons (Fsp3) is 0.125. The lowest BCUT2D eigenvalue weighted by molar-refractivity contribution is 0.0693. The number of carboxylic acids is 1. The van der Waals surface area contributed by atoms with Crippen LogP contribution in [-0.4, -0.2) is 16.9 Å². The van der Waals surface area contributed by atoms with E-state index in [-0.39, 0.29) is 16.9 Å². The fourth-order valence-electron chi connectivity index (χ4n) is 1.91. The van der Waals surface area contributed by atoms with E-state index in [1.807, 2.05) is 19.1 Å². The number of aryl methyl sites for hydroxylation is 1. The van der Waals surface area contributed by atoms with Gasteiger partial charge in [0.1, 0.15) is 0 Å². The van der Waals surface area contributed by atoms with Gasteiger partial charge in [-0.25, -0.2) is 4.79 Å². The molecular weight excluding hydrogens is 240 g/mol. The summed E-state index contributed by atoms with van der Waals surface area (Å²) in [6.45, 7) is 2.04. The summed E-state index contributed by atoms with van der Waals surface area (Å²) in [5.74, 6) is -1.35. The van der Waals surface area contributed by atoms with Gasteiger partial charge in [-0.1, -0.05) is 49.4 Å². The molecule has 0 aromatic heterocycles. The van der Waals surface area contributed by atoms with Gasteiger partial charge in [-0.2, -0.15) is 0 Å². The van der Waals surface area contributed by atoms with Crippen molar-refractivity contribution in [3.05, 3.63) is 70.8 Å². The Morgan fingerprint density at radius 2 is 1.53 bits per heavy atom. The minimum Gasteiger partial charge on any atom is -0.478 e. The first-order valence-corrected chi connectivity index (χ1v) is 6.09. The Kier molecular flexibility index (Phi) is 3.76. The third-order valence-electron chi connectivity index (χ3n) is 3.03. The molecule has 2 rings (SSSR count). The summed E-state index contributed by atoms with van der Waals surface area (Å²) in [6.07, 6.45) is 0.903. The Morgan fingerprint density at radius 1 is 0.947 bits per heavy atom. The minimum absolute atomic E-state index is 0.0343. The first-order valence-electron chi connectivity index (χ1n) is 6.09. The van der Waals surface area contributed by atoms with Crippen LogP contribution >= 0.6 is 0 Å². The van der Waals surface area contributed by atoms with E-state index in [1.54, 1.807) is 30.3 Å². The Hall–Kier alpha value is -2.42. The molecule has 3 nitrogen and oxygen atoms in total. The molecule has 3 heteroatoms. The van der Waals surface area contributed by atoms with Crippen LogP contribution in [-0.2, 0) is 6.42 Å². The number of ketones is 1. The largest absolute Gasteiger partial charge is 0.478 e. The summed E-state index contributed by atoms with van der Waals surface area (Å²) >= 11 is 0. The van der Waals surface area contributed by atoms with Crippen molar-refractivity contribution in [1.29, 1.82) is 0 Å². The second kappa shape index (κ2) is 5.48. The number of carbonyl (C=O) groups excluding carboxylic acids is 1. The Labute approximate surface area is 111 Å². The van der Waals surface area contributed by atoms with Crippen molar-refractivity contribution in [3.8, 4) is 0 Å². The van der Waals surface area contributed by atoms with E-state index >= 15 is 0 Å². The van der Waals surface area contributed by atoms with Gasteiger partial charge in [0.25, 0.3) is 0 Å². The van der Waals surface area contributed by atoms with Crippen molar-refractivity contribution < 1.29 is 14.7 Å². The molecule has 0 atom stereocenters. The summed E-state index contributed by atoms with van der Waals surface area (Å²) in [6, 6.07) is 13.5. The molecule has 19 heavy (non-hydrogen) atoms. The molecule has 0 bridgehead atoms. The molecular formula is C16H14O3. The maximum atomic E-state index is 12.3. The van der Waals surface area contributed by atoms with Crippen molar-refractivity contribution in [2.24, 2.45) is 0 Å². The van der Waals surface area contributed by atoms with Crippen molar-refractivity contribution in [2.75, 3.05) is 0 Å². The average molecular weight is 254 g/mol. The molecule has 0 aliphatic heterocycles. The minimum atomic E-state index is -1.09. The van der Waals surface area contributed by atoms with Crippen molar-refractivity contribution >= 4 is 11.8 Å². The monoisotopic (exact) mass is 254 g/mol. The number of benzene rings is 2.